The maximum atomic E-state index is 14.8. The number of thiophene rings is 1. The number of carbonyl (C=O) groups excluding carboxylic acids is 9. The molecular weight excluding hydrogens is 1490 g/mol. The predicted octanol–water partition coefficient (Wildman–Crippen LogP) is -7.16. The number of hydrogen-bond acceptors (Lipinski definition) is 21. The number of likely N-dealkylation sites (tertiary alicyclic amines) is 1. The summed E-state index contributed by atoms with van der Waals surface area (Å²) in [6, 6.07) is -4.70. The van der Waals surface area contributed by atoms with Crippen molar-refractivity contribution in [2.24, 2.45) is 110 Å². The highest BCUT2D eigenvalue weighted by atomic mass is 79.9. The number of nitrogens with zero attached hydrogens (tertiary/aromatic N) is 8. The molecule has 44 heteroatoms. The van der Waals surface area contributed by atoms with Gasteiger partial charge in [0.1, 0.15) is 52.8 Å². The van der Waals surface area contributed by atoms with E-state index in [0.717, 1.165) is 14.6 Å². The summed E-state index contributed by atoms with van der Waals surface area (Å²) in [7, 11) is 0. The Labute approximate surface area is 636 Å². The number of nitrogens with two attached hydrogens (primary N) is 14. The van der Waals surface area contributed by atoms with Gasteiger partial charge in [-0.1, -0.05) is 22.4 Å². The van der Waals surface area contributed by atoms with E-state index in [1.807, 2.05) is 18.2 Å². The van der Waals surface area contributed by atoms with E-state index < -0.39 is 107 Å². The molecule has 600 valence electrons. The van der Waals surface area contributed by atoms with Gasteiger partial charge in [0.2, 0.25) is 53.2 Å². The van der Waals surface area contributed by atoms with Gasteiger partial charge in [0.05, 0.1) is 24.2 Å². The molecule has 0 radical (unpaired) electrons. The van der Waals surface area contributed by atoms with Crippen molar-refractivity contribution in [3.8, 4) is 0 Å². The number of nitrogens with one attached hydrogen (secondary N) is 9. The van der Waals surface area contributed by atoms with Gasteiger partial charge >= 0.3 is 0 Å². The molecule has 1 aromatic carbocycles. The first kappa shape index (κ1) is 89.9. The molecule has 0 bridgehead atoms. The normalized spacial score (nSPS) is 15.2. The Hall–Kier alpha value is -10.5. The number of β-amino-alcohol motifs (C(OH)–C–C–N with tert-alkyl or cyclic N) is 1. The van der Waals surface area contributed by atoms with Crippen molar-refractivity contribution >= 4 is 136 Å². The molecule has 3 heterocycles. The zero-order valence-corrected chi connectivity index (χ0v) is 63.0. The zero-order valence-electron chi connectivity index (χ0n) is 60.6. The number of aromatic nitrogens is 2. The summed E-state index contributed by atoms with van der Waals surface area (Å²) in [6.45, 7) is 0.803. The number of fused-ring (bicyclic) bond motifs is 3. The van der Waals surface area contributed by atoms with Crippen LogP contribution >= 0.6 is 27.3 Å². The maximum absolute atomic E-state index is 14.8. The molecule has 1 aliphatic rings. The van der Waals surface area contributed by atoms with E-state index >= 15 is 0 Å². The van der Waals surface area contributed by atoms with Crippen LogP contribution in [-0.2, 0) is 49.7 Å². The van der Waals surface area contributed by atoms with Gasteiger partial charge in [-0.2, -0.15) is 4.98 Å². The molecule has 1 saturated heterocycles. The average Bonchev–Trinajstić information content (AvgIpc) is 1.61. The Kier molecular flexibility index (Phi) is 39.9. The van der Waals surface area contributed by atoms with E-state index in [2.05, 4.69) is 98.4 Å². The Morgan fingerprint density at radius 3 is 1.28 bits per heavy atom. The number of aliphatic hydroxyl groups excluding tert-OH is 1. The SMILES string of the molecule is NCCCC[C@@H](NC(=O)[C@@H](CCCN=C(N)N)NC(=O)[C@@H](CCCN=C(N)N)NC(=O)[C@@H](CCCN=C(N)N)NC(=O)[C@@H](CCCN=C(N)N)NC(=O)[C@@H](CCCN=C(N)N)NC(=O)[C@@H](CCCN=C(N)N)NC(=O)CCCCCNC(=O)[C@@H]1C[C@@H](O)CN1Cc1nc(=O)c2sc3ccc(Br)cc3c2[nH]1)C(N)=O. The first-order valence-corrected chi connectivity index (χ1v) is 37.2. The fraction of sp³-hybridized carbons (Fsp3) is 0.609. The van der Waals surface area contributed by atoms with Crippen molar-refractivity contribution in [3.63, 3.8) is 0 Å². The summed E-state index contributed by atoms with van der Waals surface area (Å²) in [5.74, 6) is -8.15. The van der Waals surface area contributed by atoms with E-state index in [0.29, 0.717) is 54.7 Å². The van der Waals surface area contributed by atoms with Crippen LogP contribution in [0.3, 0.4) is 0 Å². The van der Waals surface area contributed by atoms with Crippen molar-refractivity contribution in [2.45, 2.75) is 189 Å². The van der Waals surface area contributed by atoms with Gasteiger partial charge in [-0.05, 0) is 140 Å². The summed E-state index contributed by atoms with van der Waals surface area (Å²) < 4.78 is 2.21. The van der Waals surface area contributed by atoms with Crippen LogP contribution in [-0.4, -0.2) is 222 Å². The van der Waals surface area contributed by atoms with Crippen molar-refractivity contribution in [1.29, 1.82) is 0 Å². The molecule has 1 fully saturated rings. The Balaban J connectivity index is 1.55. The van der Waals surface area contributed by atoms with Gasteiger partial charge in [0.25, 0.3) is 5.56 Å². The second-order valence-corrected chi connectivity index (χ2v) is 27.7. The molecule has 0 aliphatic carbocycles. The number of aliphatic hydroxyl groups is 1. The van der Waals surface area contributed by atoms with Crippen molar-refractivity contribution in [3.05, 3.63) is 38.9 Å². The molecule has 42 nitrogen and oxygen atoms in total. The lowest BCUT2D eigenvalue weighted by molar-refractivity contribution is -0.136. The standard InChI is InChI=1S/C64H110BrN31O11S/c65-34-20-21-45-36(30-34)48-49(108-45)58(107)95-46(94-48)33-96-32-35(97)31-44(96)57(106)80-23-5-1-2-19-47(98)87-38(13-6-24-81-59(68)69)51(100)89-40(15-8-26-83-61(72)73)53(102)91-42(17-10-28-85-63(76)77)55(104)93-43(18-11-29-86-64(78)79)56(105)92-41(16-9-27-84-62(74)75)54(103)90-39(14-7-25-82-60(70)71)52(101)88-37(50(67)99)12-3-4-22-66/h20-21,30,35,37-44,97H,1-19,22-29,31-33,66H2,(H2,67,99)(H,80,106)(H,87,98)(H,88,101)(H,89,100)(H,90,103)(H,91,102)(H,92,105)(H,93,104)(H4,68,69,81)(H4,70,71,82)(H4,72,73,83)(H4,74,75,84)(H4,76,77,85)(H4,78,79,86)(H,94,95,107)/t35-,37-,38-,39-,40-,41-,42-,43-,44+/m1/s1. The van der Waals surface area contributed by atoms with Crippen molar-refractivity contribution in [1.82, 2.24) is 57.4 Å². The number of rotatable bonds is 51. The van der Waals surface area contributed by atoms with Gasteiger partial charge in [0, 0.05) is 73.3 Å². The average molecular weight is 1600 g/mol. The summed E-state index contributed by atoms with van der Waals surface area (Å²) in [6.07, 6.45) is 1.53. The van der Waals surface area contributed by atoms with Crippen LogP contribution in [0.15, 0.2) is 57.4 Å². The first-order valence-electron chi connectivity index (χ1n) is 35.6. The fourth-order valence-electron chi connectivity index (χ4n) is 11.5. The lowest BCUT2D eigenvalue weighted by Crippen LogP contribution is -2.60. The summed E-state index contributed by atoms with van der Waals surface area (Å²) >= 11 is 4.82. The number of H-pyrrole nitrogens is 1. The molecule has 2 aromatic heterocycles. The van der Waals surface area contributed by atoms with E-state index in [4.69, 9.17) is 80.3 Å². The first-order chi connectivity index (χ1) is 51.3. The van der Waals surface area contributed by atoms with Gasteiger partial charge in [-0.25, -0.2) is 0 Å². The molecule has 0 unspecified atom stereocenters. The molecule has 108 heavy (non-hydrogen) atoms. The summed E-state index contributed by atoms with van der Waals surface area (Å²) in [4.78, 5) is 173. The Bertz CT molecular complexity index is 3720. The third-order valence-electron chi connectivity index (χ3n) is 16.9. The number of benzene rings is 1. The molecular formula is C64H110BrN31O11S. The highest BCUT2D eigenvalue weighted by Crippen LogP contribution is 2.33. The number of halogens is 1. The van der Waals surface area contributed by atoms with E-state index in [9.17, 15) is 53.1 Å². The molecule has 3 aromatic rings. The van der Waals surface area contributed by atoms with Crippen molar-refractivity contribution in [2.75, 3.05) is 58.9 Å². The number of aromatic amines is 1. The van der Waals surface area contributed by atoms with E-state index in [1.54, 1.807) is 4.90 Å². The highest BCUT2D eigenvalue weighted by Gasteiger charge is 2.38. The molecule has 0 spiro atoms. The Morgan fingerprint density at radius 1 is 0.519 bits per heavy atom. The van der Waals surface area contributed by atoms with Crippen molar-refractivity contribution < 1.29 is 48.3 Å². The van der Waals surface area contributed by atoms with E-state index in [1.165, 1.54) is 11.3 Å². The van der Waals surface area contributed by atoms with Gasteiger partial charge in [-0.3, -0.25) is 82.8 Å². The van der Waals surface area contributed by atoms with Crippen LogP contribution in [0, 0.1) is 0 Å². The molecule has 9 amide bonds. The topological polar surface area (TPSA) is 758 Å². The molecule has 0 saturated carbocycles. The van der Waals surface area contributed by atoms with Gasteiger partial charge in [0.15, 0.2) is 35.8 Å². The second kappa shape index (κ2) is 48.0. The molecule has 38 N–H and O–H groups in total. The monoisotopic (exact) mass is 1600 g/mol. The summed E-state index contributed by atoms with van der Waals surface area (Å²) in [5, 5.41) is 33.2. The molecule has 9 atom stereocenters. The van der Waals surface area contributed by atoms with Crippen LogP contribution in [0.1, 0.15) is 134 Å². The van der Waals surface area contributed by atoms with Gasteiger partial charge in [-0.15, -0.1) is 11.3 Å². The van der Waals surface area contributed by atoms with Crippen LogP contribution in [0.4, 0.5) is 0 Å². The number of carbonyl (C=O) groups is 9. The zero-order chi connectivity index (χ0) is 79.8. The van der Waals surface area contributed by atoms with Crippen LogP contribution in [0.2, 0.25) is 0 Å². The smallest absolute Gasteiger partial charge is 0.290 e. The molecule has 4 rings (SSSR count). The van der Waals surface area contributed by atoms with Gasteiger partial charge < -0.3 is 133 Å². The minimum absolute atomic E-state index is 0.0117. The number of guanidine groups is 6. The van der Waals surface area contributed by atoms with Crippen LogP contribution < -0.4 is 128 Å². The number of primary amides is 1. The molecule has 1 aliphatic heterocycles. The predicted molar refractivity (Wildman–Crippen MR) is 417 cm³/mol. The maximum Gasteiger partial charge on any atom is 0.290 e. The number of aliphatic imine (C=N–C) groups is 6. The number of amides is 9. The van der Waals surface area contributed by atoms with E-state index in [-0.39, 0.29) is 197 Å². The van der Waals surface area contributed by atoms with Crippen LogP contribution in [0.25, 0.3) is 20.3 Å². The summed E-state index contributed by atoms with van der Waals surface area (Å²) in [5.41, 5.74) is 78.6. The third-order valence-corrected chi connectivity index (χ3v) is 18.5. The third kappa shape index (κ3) is 34.0. The fourth-order valence-corrected chi connectivity index (χ4v) is 12.9. The Morgan fingerprint density at radius 2 is 0.898 bits per heavy atom. The minimum Gasteiger partial charge on any atom is -0.392 e. The quantitative estimate of drug-likeness (QED) is 0.0142. The highest BCUT2D eigenvalue weighted by molar-refractivity contribution is 9.10. The van der Waals surface area contributed by atoms with Crippen LogP contribution in [0.5, 0.6) is 0 Å². The lowest BCUT2D eigenvalue weighted by Gasteiger charge is -2.28. The largest absolute Gasteiger partial charge is 0.392 e. The lowest BCUT2D eigenvalue weighted by atomic mass is 10.0. The second-order valence-electron chi connectivity index (χ2n) is 25.7. The number of unbranched alkanes of at least 4 members (excludes halogenated alkanes) is 3. The minimum atomic E-state index is -1.51. The number of hydrogen-bond donors (Lipinski definition) is 24.